The van der Waals surface area contributed by atoms with Gasteiger partial charge in [0.1, 0.15) is 5.56 Å². The van der Waals surface area contributed by atoms with Crippen LogP contribution in [0.4, 0.5) is 15.3 Å². The number of hydrogen-bond acceptors (Lipinski definition) is 12. The first kappa shape index (κ1) is 26.8. The van der Waals surface area contributed by atoms with E-state index in [1.54, 1.807) is 27.7 Å². The zero-order valence-corrected chi connectivity index (χ0v) is 19.7. The zero-order valence-electron chi connectivity index (χ0n) is 19.7. The van der Waals surface area contributed by atoms with Gasteiger partial charge >= 0.3 is 12.3 Å². The number of nitrogens with zero attached hydrogens (tertiary/aromatic N) is 4. The molecule has 0 aliphatic rings. The van der Waals surface area contributed by atoms with E-state index in [1.165, 1.54) is 14.2 Å². The molecule has 0 saturated heterocycles. The van der Waals surface area contributed by atoms with Crippen molar-refractivity contribution < 1.29 is 48.1 Å². The Bertz CT molecular complexity index is 1130. The van der Waals surface area contributed by atoms with Gasteiger partial charge in [-0.2, -0.15) is 0 Å². The third-order valence-corrected chi connectivity index (χ3v) is 4.29. The van der Waals surface area contributed by atoms with Crippen molar-refractivity contribution in [1.82, 2.24) is 15.0 Å². The summed E-state index contributed by atoms with van der Waals surface area (Å²) in [4.78, 5) is 48.0. The number of nitro benzene ring substituents is 1. The Morgan fingerprint density at radius 3 is 2.11 bits per heavy atom. The van der Waals surface area contributed by atoms with E-state index in [0.29, 0.717) is 0 Å². The van der Waals surface area contributed by atoms with E-state index in [-0.39, 0.29) is 11.5 Å². The monoisotopic (exact) mass is 496 g/mol. The molecule has 0 spiro atoms. The Hall–Kier alpha value is -4.43. The van der Waals surface area contributed by atoms with Crippen molar-refractivity contribution >= 4 is 23.8 Å². The van der Waals surface area contributed by atoms with E-state index in [0.717, 1.165) is 16.9 Å². The van der Waals surface area contributed by atoms with Crippen LogP contribution in [-0.2, 0) is 9.47 Å². The summed E-state index contributed by atoms with van der Waals surface area (Å²) in [5.74, 6) is -2.38. The van der Waals surface area contributed by atoms with Gasteiger partial charge < -0.3 is 28.8 Å². The number of methoxy groups -OCH3 is 2. The van der Waals surface area contributed by atoms with Crippen molar-refractivity contribution in [3.63, 3.8) is 0 Å². The van der Waals surface area contributed by atoms with Crippen molar-refractivity contribution in [3.05, 3.63) is 33.5 Å². The van der Waals surface area contributed by atoms with Crippen LogP contribution in [-0.4, -0.2) is 63.4 Å². The second-order valence-electron chi connectivity index (χ2n) is 7.52. The summed E-state index contributed by atoms with van der Waals surface area (Å²) in [7, 11) is 2.51. The number of ketones is 1. The average molecular weight is 496 g/mol. The fraction of sp³-hybridized carbons (Fsp3) is 0.450. The molecule has 1 aromatic heterocycles. The molecule has 0 saturated carbocycles. The van der Waals surface area contributed by atoms with Gasteiger partial charge in [0, 0.05) is 12.0 Å². The van der Waals surface area contributed by atoms with Crippen LogP contribution in [0.25, 0.3) is 0 Å². The molecule has 0 bridgehead atoms. The van der Waals surface area contributed by atoms with E-state index in [9.17, 15) is 24.5 Å². The van der Waals surface area contributed by atoms with Gasteiger partial charge in [-0.15, -0.1) is 15.0 Å². The quantitative estimate of drug-likeness (QED) is 0.218. The highest BCUT2D eigenvalue weighted by atomic mass is 16.7. The molecule has 190 valence electrons. The Kier molecular flexibility index (Phi) is 8.53. The van der Waals surface area contributed by atoms with Crippen molar-refractivity contribution in [1.29, 1.82) is 0 Å². The number of aromatic nitrogens is 3. The fourth-order valence-corrected chi connectivity index (χ4v) is 2.81. The molecule has 2 rings (SSSR count). The molecule has 15 heteroatoms. The van der Waals surface area contributed by atoms with Crippen molar-refractivity contribution in [3.8, 4) is 17.4 Å². The van der Waals surface area contributed by atoms with Crippen LogP contribution in [0.5, 0.6) is 17.4 Å². The predicted octanol–water partition coefficient (Wildman–Crippen LogP) is 3.21. The highest BCUT2D eigenvalue weighted by Gasteiger charge is 2.33. The molecule has 1 atom stereocenters. The third kappa shape index (κ3) is 6.33. The lowest BCUT2D eigenvalue weighted by molar-refractivity contribution is -0.385. The molecule has 0 radical (unpaired) electrons. The molecule has 1 N–H and O–H groups in total. The average Bonchev–Trinajstić information content (AvgIpc) is 3.17. The smallest absolute Gasteiger partial charge is 0.493 e. The Morgan fingerprint density at radius 2 is 1.63 bits per heavy atom. The summed E-state index contributed by atoms with van der Waals surface area (Å²) in [6.45, 7) is 6.47. The molecule has 2 aromatic rings. The van der Waals surface area contributed by atoms with Crippen LogP contribution < -0.4 is 14.2 Å². The van der Waals surface area contributed by atoms with Crippen molar-refractivity contribution in [2.75, 3.05) is 14.2 Å². The SMILES string of the molecule is COc1cc(C(=O)c2nn(C(OC(=O)OC(C)C)C(C)C)nc2OC(=O)O)c([N+](=O)[O-])cc1OC. The number of nitro groups is 1. The van der Waals surface area contributed by atoms with Gasteiger partial charge in [0.05, 0.1) is 31.3 Å². The van der Waals surface area contributed by atoms with Gasteiger partial charge in [0.15, 0.2) is 17.2 Å². The van der Waals surface area contributed by atoms with Gasteiger partial charge in [0.25, 0.3) is 11.6 Å². The number of carboxylic acid groups (broad SMARTS) is 1. The third-order valence-electron chi connectivity index (χ3n) is 4.29. The Labute approximate surface area is 198 Å². The maximum atomic E-state index is 13.3. The summed E-state index contributed by atoms with van der Waals surface area (Å²) >= 11 is 0. The van der Waals surface area contributed by atoms with Gasteiger partial charge in [-0.25, -0.2) is 9.59 Å². The Morgan fingerprint density at radius 1 is 1.03 bits per heavy atom. The van der Waals surface area contributed by atoms with Crippen LogP contribution in [0.1, 0.15) is 50.0 Å². The number of carbonyl (C=O) groups excluding carboxylic acids is 2. The topological polar surface area (TPSA) is 191 Å². The van der Waals surface area contributed by atoms with Crippen LogP contribution in [0, 0.1) is 16.0 Å². The number of hydrogen-bond donors (Lipinski definition) is 1. The lowest BCUT2D eigenvalue weighted by Gasteiger charge is -2.20. The predicted molar refractivity (Wildman–Crippen MR) is 115 cm³/mol. The van der Waals surface area contributed by atoms with Crippen LogP contribution in [0.15, 0.2) is 12.1 Å². The van der Waals surface area contributed by atoms with E-state index in [4.69, 9.17) is 24.1 Å². The lowest BCUT2D eigenvalue weighted by Crippen LogP contribution is -2.26. The molecular formula is C20H24N4O11. The largest absolute Gasteiger partial charge is 0.512 e. The van der Waals surface area contributed by atoms with E-state index >= 15 is 0 Å². The number of benzene rings is 1. The summed E-state index contributed by atoms with van der Waals surface area (Å²) < 4.78 is 24.9. The minimum absolute atomic E-state index is 0.00522. The summed E-state index contributed by atoms with van der Waals surface area (Å²) in [6, 6.07) is 2.01. The highest BCUT2D eigenvalue weighted by Crippen LogP contribution is 2.36. The second-order valence-corrected chi connectivity index (χ2v) is 7.52. The van der Waals surface area contributed by atoms with Gasteiger partial charge in [-0.3, -0.25) is 14.9 Å². The minimum atomic E-state index is -1.82. The molecule has 1 heterocycles. The van der Waals surface area contributed by atoms with Gasteiger partial charge in [-0.05, 0) is 13.8 Å². The molecule has 0 fully saturated rings. The van der Waals surface area contributed by atoms with E-state index < -0.39 is 64.1 Å². The van der Waals surface area contributed by atoms with Crippen LogP contribution in [0.3, 0.4) is 0 Å². The standard InChI is InChI=1S/C20H24N4O11/c1-9(2)18(35-20(28)33-10(3)4)23-21-15(17(22-23)34-19(26)27)16(25)11-7-13(31-5)14(32-6)8-12(11)24(29)30/h7-10,18H,1-6H3,(H,26,27). The van der Waals surface area contributed by atoms with Crippen molar-refractivity contribution in [2.45, 2.75) is 40.0 Å². The fourth-order valence-electron chi connectivity index (χ4n) is 2.81. The number of rotatable bonds is 10. The van der Waals surface area contributed by atoms with Crippen LogP contribution in [0.2, 0.25) is 0 Å². The number of ether oxygens (including phenoxy) is 5. The molecule has 0 aliphatic heterocycles. The molecule has 1 aromatic carbocycles. The van der Waals surface area contributed by atoms with Crippen molar-refractivity contribution in [2.24, 2.45) is 5.92 Å². The lowest BCUT2D eigenvalue weighted by atomic mass is 10.1. The molecule has 0 aliphatic carbocycles. The summed E-state index contributed by atoms with van der Waals surface area (Å²) in [5, 5.41) is 28.5. The Balaban J connectivity index is 2.63. The normalized spacial score (nSPS) is 11.7. The first-order chi connectivity index (χ1) is 16.4. The maximum absolute atomic E-state index is 13.3. The summed E-state index contributed by atoms with van der Waals surface area (Å²) in [5.41, 5.74) is -1.86. The molecule has 15 nitrogen and oxygen atoms in total. The van der Waals surface area contributed by atoms with Gasteiger partial charge in [0.2, 0.25) is 12.0 Å². The molecule has 1 unspecified atom stereocenters. The first-order valence-electron chi connectivity index (χ1n) is 10.1. The highest BCUT2D eigenvalue weighted by molar-refractivity contribution is 6.12. The maximum Gasteiger partial charge on any atom is 0.512 e. The molecule has 0 amide bonds. The minimum Gasteiger partial charge on any atom is -0.493 e. The second kappa shape index (κ2) is 11.1. The molecule has 35 heavy (non-hydrogen) atoms. The van der Waals surface area contributed by atoms with Crippen LogP contribution >= 0.6 is 0 Å². The first-order valence-corrected chi connectivity index (χ1v) is 10.1. The number of carbonyl (C=O) groups is 3. The summed E-state index contributed by atoms with van der Waals surface area (Å²) in [6.07, 6.45) is -4.61. The molecular weight excluding hydrogens is 472 g/mol. The van der Waals surface area contributed by atoms with Gasteiger partial charge in [-0.1, -0.05) is 13.8 Å². The zero-order chi connectivity index (χ0) is 26.4. The van der Waals surface area contributed by atoms with E-state index in [1.807, 2.05) is 0 Å². The van der Waals surface area contributed by atoms with E-state index in [2.05, 4.69) is 14.9 Å².